The van der Waals surface area contributed by atoms with E-state index in [4.69, 9.17) is 14.2 Å². The molecular weight excluding hydrogens is 573 g/mol. The molecule has 0 aliphatic heterocycles. The van der Waals surface area contributed by atoms with E-state index in [1.54, 1.807) is 75.9 Å². The van der Waals surface area contributed by atoms with Crippen molar-refractivity contribution in [3.05, 3.63) is 102 Å². The van der Waals surface area contributed by atoms with E-state index in [2.05, 4.69) is 15.6 Å². The van der Waals surface area contributed by atoms with E-state index in [-0.39, 0.29) is 26.8 Å². The Morgan fingerprint density at radius 3 is 2.12 bits per heavy atom. The zero-order valence-corrected chi connectivity index (χ0v) is 23.8. The van der Waals surface area contributed by atoms with Crippen molar-refractivity contribution in [2.75, 3.05) is 32.0 Å². The minimum absolute atomic E-state index is 0.108. The van der Waals surface area contributed by atoms with Crippen molar-refractivity contribution >= 4 is 58.0 Å². The van der Waals surface area contributed by atoms with E-state index < -0.39 is 0 Å². The van der Waals surface area contributed by atoms with E-state index >= 15 is 0 Å². The second-order valence-electron chi connectivity index (χ2n) is 8.75. The maximum atomic E-state index is 13.0. The SMILES string of the molecule is COc1ccc(NC(=O)c2ccc3[nH]cc([Se]c4cccc(C(=O)Nc5ccc(OC)c(OC)c5)c4)c3c2)cc1. The third kappa shape index (κ3) is 5.96. The van der Waals surface area contributed by atoms with Crippen molar-refractivity contribution in [2.45, 2.75) is 0 Å². The van der Waals surface area contributed by atoms with Gasteiger partial charge in [0.25, 0.3) is 0 Å². The van der Waals surface area contributed by atoms with E-state index in [9.17, 15) is 9.59 Å². The average molecular weight is 601 g/mol. The molecular formula is C31H27N3O5Se. The number of carbonyl (C=O) groups is 2. The van der Waals surface area contributed by atoms with Crippen molar-refractivity contribution in [1.82, 2.24) is 4.98 Å². The third-order valence-electron chi connectivity index (χ3n) is 6.22. The fourth-order valence-corrected chi connectivity index (χ4v) is 6.21. The number of carbonyl (C=O) groups excluding carboxylic acids is 2. The van der Waals surface area contributed by atoms with E-state index in [1.165, 1.54) is 0 Å². The topological polar surface area (TPSA) is 102 Å². The summed E-state index contributed by atoms with van der Waals surface area (Å²) in [7, 11) is 4.72. The van der Waals surface area contributed by atoms with Crippen LogP contribution in [0.4, 0.5) is 11.4 Å². The molecule has 0 aliphatic rings. The molecule has 0 saturated heterocycles. The summed E-state index contributed by atoms with van der Waals surface area (Å²) in [5, 5.41) is 6.83. The number of hydrogen-bond donors (Lipinski definition) is 3. The van der Waals surface area contributed by atoms with Gasteiger partial charge in [-0.15, -0.1) is 0 Å². The zero-order valence-electron chi connectivity index (χ0n) is 22.1. The predicted molar refractivity (Wildman–Crippen MR) is 158 cm³/mol. The second kappa shape index (κ2) is 12.0. The summed E-state index contributed by atoms with van der Waals surface area (Å²) in [5.41, 5.74) is 3.35. The number of aromatic nitrogens is 1. The molecule has 4 aromatic carbocycles. The molecule has 3 N–H and O–H groups in total. The van der Waals surface area contributed by atoms with Crippen molar-refractivity contribution in [1.29, 1.82) is 0 Å². The number of fused-ring (bicyclic) bond motifs is 1. The number of H-pyrrole nitrogens is 1. The number of anilines is 2. The number of methoxy groups -OCH3 is 3. The Bertz CT molecular complexity index is 1680. The van der Waals surface area contributed by atoms with Crippen LogP contribution < -0.4 is 33.8 Å². The van der Waals surface area contributed by atoms with Gasteiger partial charge in [-0.3, -0.25) is 0 Å². The van der Waals surface area contributed by atoms with Crippen LogP contribution in [0.5, 0.6) is 17.2 Å². The fourth-order valence-electron chi connectivity index (χ4n) is 4.14. The van der Waals surface area contributed by atoms with Crippen molar-refractivity contribution in [3.63, 3.8) is 0 Å². The second-order valence-corrected chi connectivity index (χ2v) is 11.1. The Labute approximate surface area is 237 Å². The van der Waals surface area contributed by atoms with Crippen LogP contribution in [0.2, 0.25) is 0 Å². The van der Waals surface area contributed by atoms with E-state index in [0.29, 0.717) is 34.0 Å². The first-order valence-electron chi connectivity index (χ1n) is 12.3. The Balaban J connectivity index is 1.32. The summed E-state index contributed by atoms with van der Waals surface area (Å²) in [5.74, 6) is 1.43. The van der Waals surface area contributed by atoms with Crippen LogP contribution in [0, 0.1) is 0 Å². The minimum atomic E-state index is -0.221. The van der Waals surface area contributed by atoms with Gasteiger partial charge in [0.2, 0.25) is 0 Å². The molecule has 0 saturated carbocycles. The summed E-state index contributed by atoms with van der Waals surface area (Å²) in [6, 6.07) is 25.6. The van der Waals surface area contributed by atoms with Crippen LogP contribution in [0.15, 0.2) is 91.1 Å². The first-order chi connectivity index (χ1) is 19.5. The fraction of sp³-hybridized carbons (Fsp3) is 0.0968. The van der Waals surface area contributed by atoms with E-state index in [0.717, 1.165) is 25.6 Å². The Kier molecular flexibility index (Phi) is 8.05. The van der Waals surface area contributed by atoms with Crippen LogP contribution in [0.3, 0.4) is 0 Å². The monoisotopic (exact) mass is 601 g/mol. The first kappa shape index (κ1) is 26.9. The molecule has 1 heterocycles. The van der Waals surface area contributed by atoms with Gasteiger partial charge in [-0.2, -0.15) is 0 Å². The summed E-state index contributed by atoms with van der Waals surface area (Å²) in [6.07, 6.45) is 1.96. The Hall–Kier alpha value is -4.72. The van der Waals surface area contributed by atoms with Gasteiger partial charge in [-0.1, -0.05) is 0 Å². The summed E-state index contributed by atoms with van der Waals surface area (Å²) in [4.78, 5) is 29.2. The number of rotatable bonds is 9. The van der Waals surface area contributed by atoms with Gasteiger partial charge in [0, 0.05) is 0 Å². The molecule has 5 rings (SSSR count). The number of amides is 2. The van der Waals surface area contributed by atoms with Crippen LogP contribution in [-0.2, 0) is 0 Å². The molecule has 0 fully saturated rings. The van der Waals surface area contributed by atoms with Gasteiger partial charge < -0.3 is 0 Å². The number of aromatic amines is 1. The molecule has 0 aliphatic carbocycles. The molecule has 0 radical (unpaired) electrons. The standard InChI is InChI=1S/C31H27N3O5Se/c1-37-23-11-8-21(9-12-23)33-31(36)20-7-13-26-25(16-20)29(18-32-26)40-24-6-4-5-19(15-24)30(35)34-22-10-14-27(38-2)28(17-22)39-3/h4-18,32H,1-3H3,(H,33,36)(H,34,35). The van der Waals surface area contributed by atoms with Crippen LogP contribution in [0.1, 0.15) is 20.7 Å². The van der Waals surface area contributed by atoms with E-state index in [1.807, 2.05) is 36.5 Å². The van der Waals surface area contributed by atoms with Crippen LogP contribution >= 0.6 is 0 Å². The molecule has 0 spiro atoms. The molecule has 8 nitrogen and oxygen atoms in total. The van der Waals surface area contributed by atoms with Crippen molar-refractivity contribution in [2.24, 2.45) is 0 Å². The summed E-state index contributed by atoms with van der Waals surface area (Å²) < 4.78 is 17.9. The molecule has 1 aromatic heterocycles. The van der Waals surface area contributed by atoms with Crippen molar-refractivity contribution < 1.29 is 23.8 Å². The van der Waals surface area contributed by atoms with Crippen molar-refractivity contribution in [3.8, 4) is 17.2 Å². The summed E-state index contributed by atoms with van der Waals surface area (Å²) in [6.45, 7) is 0. The Morgan fingerprint density at radius 1 is 0.700 bits per heavy atom. The molecule has 2 amide bonds. The van der Waals surface area contributed by atoms with Gasteiger partial charge in [-0.05, 0) is 0 Å². The van der Waals surface area contributed by atoms with Crippen LogP contribution in [-0.4, -0.2) is 53.1 Å². The molecule has 0 bridgehead atoms. The van der Waals surface area contributed by atoms with Gasteiger partial charge in [-0.25, -0.2) is 0 Å². The third-order valence-corrected chi connectivity index (χ3v) is 8.42. The van der Waals surface area contributed by atoms with Gasteiger partial charge in [0.15, 0.2) is 0 Å². The quantitative estimate of drug-likeness (QED) is 0.219. The molecule has 5 aromatic rings. The van der Waals surface area contributed by atoms with Gasteiger partial charge >= 0.3 is 238 Å². The van der Waals surface area contributed by atoms with Crippen LogP contribution in [0.25, 0.3) is 10.9 Å². The van der Waals surface area contributed by atoms with Gasteiger partial charge in [0.05, 0.1) is 0 Å². The van der Waals surface area contributed by atoms with Gasteiger partial charge in [0.1, 0.15) is 0 Å². The molecule has 0 atom stereocenters. The molecule has 202 valence electrons. The number of benzene rings is 4. The average Bonchev–Trinajstić information content (AvgIpc) is 3.39. The normalized spacial score (nSPS) is 10.7. The number of nitrogens with one attached hydrogen (secondary N) is 3. The number of hydrogen-bond acceptors (Lipinski definition) is 5. The number of ether oxygens (including phenoxy) is 3. The predicted octanol–water partition coefficient (Wildman–Crippen LogP) is 4.35. The summed E-state index contributed by atoms with van der Waals surface area (Å²) >= 11 is -0.108. The zero-order chi connectivity index (χ0) is 28.1. The molecule has 0 unspecified atom stereocenters. The molecule has 40 heavy (non-hydrogen) atoms. The first-order valence-corrected chi connectivity index (χ1v) is 14.1. The molecule has 9 heteroatoms. The Morgan fingerprint density at radius 2 is 1.40 bits per heavy atom. The maximum absolute atomic E-state index is 13.0.